The highest BCUT2D eigenvalue weighted by Crippen LogP contribution is 2.16. The van der Waals surface area contributed by atoms with Gasteiger partial charge in [0.2, 0.25) is 11.9 Å². The molecule has 1 saturated heterocycles. The maximum Gasteiger partial charge on any atom is 0.387 e. The fourth-order valence-corrected chi connectivity index (χ4v) is 3.01. The van der Waals surface area contributed by atoms with Crippen molar-refractivity contribution in [2.75, 3.05) is 44.7 Å². The summed E-state index contributed by atoms with van der Waals surface area (Å²) >= 11 is 0. The average molecular weight is 391 g/mol. The quantitative estimate of drug-likeness (QED) is 0.718. The lowest BCUT2D eigenvalue weighted by atomic mass is 10.2. The number of alkyl halides is 2. The number of rotatable bonds is 7. The van der Waals surface area contributed by atoms with Gasteiger partial charge in [0.15, 0.2) is 0 Å². The number of hydrogen-bond acceptors (Lipinski definition) is 6. The Labute approximate surface area is 162 Å². The van der Waals surface area contributed by atoms with Gasteiger partial charge in [-0.05, 0) is 23.8 Å². The van der Waals surface area contributed by atoms with E-state index in [1.54, 1.807) is 42.5 Å². The molecule has 2 heterocycles. The molecule has 2 aromatic rings. The molecule has 1 fully saturated rings. The molecule has 0 spiro atoms. The largest absolute Gasteiger partial charge is 0.435 e. The summed E-state index contributed by atoms with van der Waals surface area (Å²) in [5, 5.41) is 0. The first-order valence-corrected chi connectivity index (χ1v) is 9.03. The van der Waals surface area contributed by atoms with Crippen molar-refractivity contribution in [1.82, 2.24) is 19.8 Å². The van der Waals surface area contributed by atoms with E-state index in [1.807, 2.05) is 0 Å². The third-order valence-electron chi connectivity index (χ3n) is 4.56. The van der Waals surface area contributed by atoms with Crippen LogP contribution in [0.25, 0.3) is 0 Å². The van der Waals surface area contributed by atoms with Crippen LogP contribution in [0.3, 0.4) is 0 Å². The van der Waals surface area contributed by atoms with Crippen LogP contribution < -0.4 is 9.64 Å². The number of ether oxygens (including phenoxy) is 1. The van der Waals surface area contributed by atoms with Gasteiger partial charge in [-0.15, -0.1) is 0 Å². The van der Waals surface area contributed by atoms with Crippen molar-refractivity contribution in [1.29, 1.82) is 0 Å². The van der Waals surface area contributed by atoms with Gasteiger partial charge < -0.3 is 14.5 Å². The Balaban J connectivity index is 1.44. The zero-order valence-corrected chi connectivity index (χ0v) is 15.7. The summed E-state index contributed by atoms with van der Waals surface area (Å²) in [4.78, 5) is 26.9. The van der Waals surface area contributed by atoms with Gasteiger partial charge in [0.05, 0.1) is 6.54 Å². The fraction of sp³-hybridized carbons (Fsp3) is 0.421. The van der Waals surface area contributed by atoms with Crippen LogP contribution in [0.15, 0.2) is 42.7 Å². The van der Waals surface area contributed by atoms with Crippen LogP contribution in [0, 0.1) is 0 Å². The van der Waals surface area contributed by atoms with E-state index in [2.05, 4.69) is 24.5 Å². The third-order valence-corrected chi connectivity index (χ3v) is 4.56. The van der Waals surface area contributed by atoms with E-state index in [0.29, 0.717) is 19.0 Å². The number of hydrogen-bond donors (Lipinski definition) is 0. The Hall–Kier alpha value is -2.81. The summed E-state index contributed by atoms with van der Waals surface area (Å²) < 4.78 is 28.7. The monoisotopic (exact) mass is 391 g/mol. The maximum absolute atomic E-state index is 12.5. The second-order valence-electron chi connectivity index (χ2n) is 6.58. The lowest BCUT2D eigenvalue weighted by Gasteiger charge is -2.34. The van der Waals surface area contributed by atoms with E-state index in [4.69, 9.17) is 0 Å². The van der Waals surface area contributed by atoms with E-state index in [-0.39, 0.29) is 11.7 Å². The Bertz CT molecular complexity index is 753. The zero-order valence-electron chi connectivity index (χ0n) is 15.7. The SMILES string of the molecule is CN(Cc1ccc(OC(F)F)cc1)C(=O)CN1CCN(c2ncccn2)CC1. The molecule has 0 N–H and O–H groups in total. The predicted octanol–water partition coefficient (Wildman–Crippen LogP) is 1.86. The topological polar surface area (TPSA) is 61.8 Å². The summed E-state index contributed by atoms with van der Waals surface area (Å²) in [6.07, 6.45) is 3.44. The van der Waals surface area contributed by atoms with Crippen LogP contribution in [-0.2, 0) is 11.3 Å². The molecular formula is C19H23F2N5O2. The Morgan fingerprint density at radius 1 is 1.14 bits per heavy atom. The smallest absolute Gasteiger partial charge is 0.387 e. The molecule has 3 rings (SSSR count). The Kier molecular flexibility index (Phi) is 6.70. The first kappa shape index (κ1) is 19.9. The molecule has 28 heavy (non-hydrogen) atoms. The summed E-state index contributed by atoms with van der Waals surface area (Å²) in [7, 11) is 1.74. The first-order valence-electron chi connectivity index (χ1n) is 9.03. The highest BCUT2D eigenvalue weighted by Gasteiger charge is 2.21. The van der Waals surface area contributed by atoms with Crippen LogP contribution in [0.2, 0.25) is 0 Å². The van der Waals surface area contributed by atoms with Crippen molar-refractivity contribution in [3.8, 4) is 5.75 Å². The summed E-state index contributed by atoms with van der Waals surface area (Å²) in [5.41, 5.74) is 0.850. The van der Waals surface area contributed by atoms with Crippen LogP contribution >= 0.6 is 0 Å². The molecule has 1 aromatic heterocycles. The number of piperazine rings is 1. The number of anilines is 1. The molecule has 0 unspecified atom stereocenters. The van der Waals surface area contributed by atoms with Gasteiger partial charge in [-0.1, -0.05) is 12.1 Å². The molecule has 1 aliphatic heterocycles. The van der Waals surface area contributed by atoms with E-state index in [0.717, 1.165) is 31.7 Å². The normalized spacial score (nSPS) is 14.9. The highest BCUT2D eigenvalue weighted by atomic mass is 19.3. The summed E-state index contributed by atoms with van der Waals surface area (Å²) in [6, 6.07) is 8.10. The van der Waals surface area contributed by atoms with Gasteiger partial charge in [0.25, 0.3) is 0 Å². The van der Waals surface area contributed by atoms with Crippen molar-refractivity contribution in [3.05, 3.63) is 48.3 Å². The molecule has 1 amide bonds. The molecule has 1 aliphatic rings. The van der Waals surface area contributed by atoms with Gasteiger partial charge in [-0.3, -0.25) is 9.69 Å². The average Bonchev–Trinajstić information content (AvgIpc) is 2.70. The molecule has 0 aliphatic carbocycles. The minimum Gasteiger partial charge on any atom is -0.435 e. The minimum atomic E-state index is -2.84. The first-order chi connectivity index (χ1) is 13.5. The number of aromatic nitrogens is 2. The van der Waals surface area contributed by atoms with E-state index in [9.17, 15) is 13.6 Å². The van der Waals surface area contributed by atoms with Gasteiger partial charge in [0, 0.05) is 52.2 Å². The molecule has 7 nitrogen and oxygen atoms in total. The molecule has 9 heteroatoms. The van der Waals surface area contributed by atoms with Crippen LogP contribution in [-0.4, -0.2) is 72.1 Å². The van der Waals surface area contributed by atoms with Crippen molar-refractivity contribution in [2.45, 2.75) is 13.2 Å². The van der Waals surface area contributed by atoms with Gasteiger partial charge in [-0.2, -0.15) is 8.78 Å². The lowest BCUT2D eigenvalue weighted by molar-refractivity contribution is -0.131. The molecule has 0 atom stereocenters. The number of benzene rings is 1. The van der Waals surface area contributed by atoms with E-state index < -0.39 is 6.61 Å². The standard InChI is InChI=1S/C19H23F2N5O2/c1-24(13-15-3-5-16(6-4-15)28-18(20)21)17(27)14-25-9-11-26(12-10-25)19-22-7-2-8-23-19/h2-8,18H,9-14H2,1H3. The summed E-state index contributed by atoms with van der Waals surface area (Å²) in [6.45, 7) is 0.968. The fourth-order valence-electron chi connectivity index (χ4n) is 3.01. The number of carbonyl (C=O) groups is 1. The van der Waals surface area contributed by atoms with Crippen LogP contribution in [0.4, 0.5) is 14.7 Å². The van der Waals surface area contributed by atoms with Gasteiger partial charge >= 0.3 is 6.61 Å². The Morgan fingerprint density at radius 2 is 1.79 bits per heavy atom. The third kappa shape index (κ3) is 5.59. The molecule has 0 bridgehead atoms. The molecule has 150 valence electrons. The van der Waals surface area contributed by atoms with E-state index >= 15 is 0 Å². The van der Waals surface area contributed by atoms with Crippen molar-refractivity contribution in [3.63, 3.8) is 0 Å². The van der Waals surface area contributed by atoms with Crippen molar-refractivity contribution < 1.29 is 18.3 Å². The van der Waals surface area contributed by atoms with Crippen molar-refractivity contribution >= 4 is 11.9 Å². The number of amides is 1. The molecule has 0 radical (unpaired) electrons. The number of nitrogens with zero attached hydrogens (tertiary/aromatic N) is 5. The number of carbonyl (C=O) groups excluding carboxylic acids is 1. The maximum atomic E-state index is 12.5. The predicted molar refractivity (Wildman–Crippen MR) is 100 cm³/mol. The van der Waals surface area contributed by atoms with Gasteiger partial charge in [-0.25, -0.2) is 9.97 Å². The Morgan fingerprint density at radius 3 is 2.39 bits per heavy atom. The highest BCUT2D eigenvalue weighted by molar-refractivity contribution is 5.78. The molecular weight excluding hydrogens is 368 g/mol. The zero-order chi connectivity index (χ0) is 19.9. The second-order valence-corrected chi connectivity index (χ2v) is 6.58. The van der Waals surface area contributed by atoms with Crippen LogP contribution in [0.5, 0.6) is 5.75 Å². The number of likely N-dealkylation sites (N-methyl/N-ethyl adjacent to an activating group) is 1. The lowest BCUT2D eigenvalue weighted by Crippen LogP contribution is -2.50. The second kappa shape index (κ2) is 9.41. The van der Waals surface area contributed by atoms with Crippen LogP contribution in [0.1, 0.15) is 5.56 Å². The van der Waals surface area contributed by atoms with E-state index in [1.165, 1.54) is 12.1 Å². The number of halogens is 2. The molecule has 0 saturated carbocycles. The molecule has 1 aromatic carbocycles. The van der Waals surface area contributed by atoms with Crippen molar-refractivity contribution in [2.24, 2.45) is 0 Å². The minimum absolute atomic E-state index is 0.0114. The van der Waals surface area contributed by atoms with Gasteiger partial charge in [0.1, 0.15) is 5.75 Å². The summed E-state index contributed by atoms with van der Waals surface area (Å²) in [5.74, 6) is 0.829.